The third kappa shape index (κ3) is 1.11. The van der Waals surface area contributed by atoms with Crippen molar-refractivity contribution in [1.82, 2.24) is 9.61 Å². The normalized spacial score (nSPS) is 12.8. The van der Waals surface area contributed by atoms with E-state index in [1.54, 1.807) is 4.52 Å². The van der Waals surface area contributed by atoms with Crippen LogP contribution >= 0.6 is 0 Å². The zero-order valence-corrected chi connectivity index (χ0v) is 9.27. The van der Waals surface area contributed by atoms with Gasteiger partial charge >= 0.3 is 5.82 Å². The smallest absolute Gasteiger partial charge is 0.219 e. The highest BCUT2D eigenvalue weighted by atomic mass is 19.1. The lowest BCUT2D eigenvalue weighted by atomic mass is 10.1. The summed E-state index contributed by atoms with van der Waals surface area (Å²) in [6, 6.07) is 7.92. The van der Waals surface area contributed by atoms with E-state index < -0.39 is 11.6 Å². The van der Waals surface area contributed by atoms with E-state index in [0.29, 0.717) is 23.5 Å². The molecule has 2 aromatic heterocycles. The van der Waals surface area contributed by atoms with Crippen LogP contribution in [0, 0.1) is 11.6 Å². The molecule has 18 heavy (non-hydrogen) atoms. The summed E-state index contributed by atoms with van der Waals surface area (Å²) in [5, 5.41) is 4.34. The van der Waals surface area contributed by atoms with Gasteiger partial charge in [-0.2, -0.15) is 0 Å². The molecule has 1 aliphatic rings. The van der Waals surface area contributed by atoms with Crippen molar-refractivity contribution in [1.29, 1.82) is 0 Å². The average molecular weight is 244 g/mol. The molecule has 5 heteroatoms. The van der Waals surface area contributed by atoms with Crippen molar-refractivity contribution in [2.45, 2.75) is 6.54 Å². The largest absolute Gasteiger partial charge is 0.313 e. The quantitative estimate of drug-likeness (QED) is 0.433. The molecule has 88 valence electrons. The lowest BCUT2D eigenvalue weighted by Gasteiger charge is -1.97. The molecule has 0 saturated heterocycles. The molecule has 0 unspecified atom stereocenters. The number of fused-ring (bicyclic) bond motifs is 5. The van der Waals surface area contributed by atoms with Gasteiger partial charge in [-0.1, -0.05) is 10.6 Å². The van der Waals surface area contributed by atoms with E-state index in [1.165, 1.54) is 6.07 Å². The summed E-state index contributed by atoms with van der Waals surface area (Å²) >= 11 is 0. The van der Waals surface area contributed by atoms with E-state index in [0.717, 1.165) is 11.7 Å². The van der Waals surface area contributed by atoms with Gasteiger partial charge in [0.1, 0.15) is 17.8 Å². The summed E-state index contributed by atoms with van der Waals surface area (Å²) in [5.74, 6) is -0.553. The van der Waals surface area contributed by atoms with E-state index in [2.05, 4.69) is 5.10 Å². The van der Waals surface area contributed by atoms with Gasteiger partial charge in [-0.05, 0) is 12.1 Å². The number of nitrogens with zero attached hydrogens (tertiary/aromatic N) is 3. The number of hydrogen-bond donors (Lipinski definition) is 0. The van der Waals surface area contributed by atoms with Crippen LogP contribution in [0.5, 0.6) is 0 Å². The number of halogens is 2. The van der Waals surface area contributed by atoms with E-state index >= 15 is 0 Å². The molecule has 3 aromatic rings. The summed E-state index contributed by atoms with van der Waals surface area (Å²) in [6.45, 7) is 0.451. The zero-order chi connectivity index (χ0) is 12.3. The van der Waals surface area contributed by atoms with Crippen LogP contribution in [0.3, 0.4) is 0 Å². The molecule has 0 saturated carbocycles. The zero-order valence-electron chi connectivity index (χ0n) is 9.27. The number of benzene rings is 1. The topological polar surface area (TPSA) is 21.2 Å². The third-order valence-corrected chi connectivity index (χ3v) is 3.24. The minimum absolute atomic E-state index is 0.403. The molecule has 0 atom stereocenters. The molecule has 0 aliphatic carbocycles. The molecule has 4 rings (SSSR count). The highest BCUT2D eigenvalue weighted by Gasteiger charge is 2.33. The van der Waals surface area contributed by atoms with Crippen LogP contribution in [0.2, 0.25) is 0 Å². The Kier molecular flexibility index (Phi) is 1.69. The van der Waals surface area contributed by atoms with E-state index in [-0.39, 0.29) is 0 Å². The van der Waals surface area contributed by atoms with Gasteiger partial charge in [0.2, 0.25) is 0 Å². The summed E-state index contributed by atoms with van der Waals surface area (Å²) in [5.41, 5.74) is 1.91. The fourth-order valence-electron chi connectivity index (χ4n) is 2.50. The summed E-state index contributed by atoms with van der Waals surface area (Å²) in [4.78, 5) is 0. The SMILES string of the molecule is Fc1cc(F)c2c(c1)C[n+]1c-2nn2ccccc21. The fraction of sp³-hybridized carbons (Fsp3) is 0.0769. The van der Waals surface area contributed by atoms with Gasteiger partial charge in [-0.3, -0.25) is 0 Å². The Morgan fingerprint density at radius 2 is 2.11 bits per heavy atom. The molecule has 3 nitrogen and oxygen atoms in total. The van der Waals surface area contributed by atoms with Crippen LogP contribution in [0.25, 0.3) is 17.0 Å². The third-order valence-electron chi connectivity index (χ3n) is 3.24. The average Bonchev–Trinajstić information content (AvgIpc) is 2.83. The number of aromatic nitrogens is 3. The molecule has 1 aromatic carbocycles. The fourth-order valence-corrected chi connectivity index (χ4v) is 2.50. The van der Waals surface area contributed by atoms with Crippen molar-refractivity contribution in [2.75, 3.05) is 0 Å². The van der Waals surface area contributed by atoms with Crippen LogP contribution in [0.1, 0.15) is 5.56 Å². The van der Waals surface area contributed by atoms with Gasteiger partial charge in [0, 0.05) is 17.7 Å². The predicted octanol–water partition coefficient (Wildman–Crippen LogP) is 1.93. The summed E-state index contributed by atoms with van der Waals surface area (Å²) in [7, 11) is 0. The van der Waals surface area contributed by atoms with Crippen LogP contribution in [-0.4, -0.2) is 9.61 Å². The van der Waals surface area contributed by atoms with Crippen LogP contribution in [0.4, 0.5) is 8.78 Å². The van der Waals surface area contributed by atoms with E-state index in [1.807, 2.05) is 29.0 Å². The summed E-state index contributed by atoms with van der Waals surface area (Å²) in [6.07, 6.45) is 1.81. The second-order valence-corrected chi connectivity index (χ2v) is 4.33. The number of hydrogen-bond acceptors (Lipinski definition) is 1. The molecule has 0 spiro atoms. The van der Waals surface area contributed by atoms with Crippen molar-refractivity contribution < 1.29 is 13.3 Å². The highest BCUT2D eigenvalue weighted by molar-refractivity contribution is 5.62. The summed E-state index contributed by atoms with van der Waals surface area (Å²) < 4.78 is 30.6. The standard InChI is InChI=1S/C13H8F2N3/c14-9-5-8-7-17-11-3-1-2-4-18(11)16-13(17)12(8)10(15)6-9/h1-6H,7H2/q+1. The first kappa shape index (κ1) is 9.70. The van der Waals surface area contributed by atoms with Gasteiger partial charge < -0.3 is 0 Å². The van der Waals surface area contributed by atoms with Crippen molar-refractivity contribution in [3.05, 3.63) is 53.7 Å². The van der Waals surface area contributed by atoms with Gasteiger partial charge in [0.15, 0.2) is 0 Å². The maximum atomic E-state index is 13.9. The van der Waals surface area contributed by atoms with Crippen molar-refractivity contribution in [3.63, 3.8) is 0 Å². The highest BCUT2D eigenvalue weighted by Crippen LogP contribution is 2.29. The minimum Gasteiger partial charge on any atom is -0.219 e. The maximum Gasteiger partial charge on any atom is 0.313 e. The first-order valence-corrected chi connectivity index (χ1v) is 5.59. The lowest BCUT2D eigenvalue weighted by Crippen LogP contribution is -2.31. The maximum absolute atomic E-state index is 13.9. The second-order valence-electron chi connectivity index (χ2n) is 4.33. The molecule has 0 radical (unpaired) electrons. The molecule has 3 heterocycles. The molecule has 1 aliphatic heterocycles. The van der Waals surface area contributed by atoms with Gasteiger partial charge in [-0.25, -0.2) is 13.3 Å². The first-order chi connectivity index (χ1) is 8.74. The molecular formula is C13H8F2N3+. The monoisotopic (exact) mass is 244 g/mol. The van der Waals surface area contributed by atoms with Crippen LogP contribution < -0.4 is 4.57 Å². The Hall–Kier alpha value is -2.30. The molecule has 0 N–H and O–H groups in total. The molecular weight excluding hydrogens is 236 g/mol. The van der Waals surface area contributed by atoms with Crippen molar-refractivity contribution in [3.8, 4) is 11.4 Å². The number of pyridine rings is 1. The molecule has 0 fully saturated rings. The second kappa shape index (κ2) is 3.13. The Bertz CT molecular complexity index is 792. The lowest BCUT2D eigenvalue weighted by molar-refractivity contribution is -0.646. The van der Waals surface area contributed by atoms with E-state index in [4.69, 9.17) is 0 Å². The van der Waals surface area contributed by atoms with Crippen molar-refractivity contribution in [2.24, 2.45) is 0 Å². The Balaban J connectivity index is 2.09. The first-order valence-electron chi connectivity index (χ1n) is 5.59. The van der Waals surface area contributed by atoms with Crippen LogP contribution in [0.15, 0.2) is 36.5 Å². The molecule has 0 amide bonds. The van der Waals surface area contributed by atoms with Gasteiger partial charge in [0.25, 0.3) is 5.65 Å². The van der Waals surface area contributed by atoms with Crippen LogP contribution in [-0.2, 0) is 6.54 Å². The van der Waals surface area contributed by atoms with Gasteiger partial charge in [0.05, 0.1) is 17.2 Å². The van der Waals surface area contributed by atoms with Gasteiger partial charge in [-0.15, -0.1) is 0 Å². The predicted molar refractivity (Wildman–Crippen MR) is 59.8 cm³/mol. The van der Waals surface area contributed by atoms with E-state index in [9.17, 15) is 8.78 Å². The number of rotatable bonds is 0. The van der Waals surface area contributed by atoms with Crippen molar-refractivity contribution >= 4 is 5.65 Å². The Morgan fingerprint density at radius 3 is 3.00 bits per heavy atom. The Morgan fingerprint density at radius 1 is 1.22 bits per heavy atom. The molecule has 0 bridgehead atoms. The minimum atomic E-state index is -0.556. The Labute approximate surface area is 101 Å².